The minimum Gasteiger partial charge on any atom is -0.395 e. The second-order valence-corrected chi connectivity index (χ2v) is 4.58. The van der Waals surface area contributed by atoms with Gasteiger partial charge in [-0.3, -0.25) is 14.6 Å². The molecule has 6 heteroatoms. The van der Waals surface area contributed by atoms with Gasteiger partial charge in [-0.15, -0.1) is 0 Å². The number of hydrogen-bond donors (Lipinski definition) is 2. The number of urea groups is 1. The molecular weight excluding hydrogens is 222 g/mol. The summed E-state index contributed by atoms with van der Waals surface area (Å²) in [6.45, 7) is 2.13. The number of carbonyl (C=O) groups is 2. The Morgan fingerprint density at radius 3 is 2.88 bits per heavy atom. The first-order valence-corrected chi connectivity index (χ1v) is 6.15. The van der Waals surface area contributed by atoms with Crippen LogP contribution < -0.4 is 5.32 Å². The lowest BCUT2D eigenvalue weighted by Gasteiger charge is -2.34. The Labute approximate surface area is 101 Å². The molecule has 0 spiro atoms. The van der Waals surface area contributed by atoms with Crippen molar-refractivity contribution in [1.82, 2.24) is 15.1 Å². The second kappa shape index (κ2) is 5.46. The molecule has 0 aromatic carbocycles. The van der Waals surface area contributed by atoms with Gasteiger partial charge in [-0.05, 0) is 19.4 Å². The third kappa shape index (κ3) is 2.76. The van der Waals surface area contributed by atoms with E-state index in [1.165, 1.54) is 4.90 Å². The van der Waals surface area contributed by atoms with Crippen molar-refractivity contribution in [2.24, 2.45) is 0 Å². The molecule has 2 aliphatic heterocycles. The number of rotatable bonds is 3. The number of likely N-dealkylation sites (tertiary alicyclic amines) is 1. The molecule has 0 aliphatic carbocycles. The third-order valence-corrected chi connectivity index (χ3v) is 3.46. The molecule has 0 bridgehead atoms. The SMILES string of the molecule is O=C(CN1CCCCC1CO)N1CCNC1=O. The summed E-state index contributed by atoms with van der Waals surface area (Å²) >= 11 is 0. The first-order chi connectivity index (χ1) is 8.22. The summed E-state index contributed by atoms with van der Waals surface area (Å²) in [5, 5.41) is 11.9. The minimum atomic E-state index is -0.299. The number of aliphatic hydroxyl groups is 1. The predicted octanol–water partition coefficient (Wildman–Crippen LogP) is -0.615. The zero-order chi connectivity index (χ0) is 12.3. The molecule has 0 saturated carbocycles. The highest BCUT2D eigenvalue weighted by Gasteiger charge is 2.30. The lowest BCUT2D eigenvalue weighted by molar-refractivity contribution is -0.130. The Bertz CT molecular complexity index is 308. The average Bonchev–Trinajstić information content (AvgIpc) is 2.76. The fraction of sp³-hybridized carbons (Fsp3) is 0.818. The largest absolute Gasteiger partial charge is 0.395 e. The van der Waals surface area contributed by atoms with Gasteiger partial charge in [-0.1, -0.05) is 6.42 Å². The third-order valence-electron chi connectivity index (χ3n) is 3.46. The number of carbonyl (C=O) groups excluding carboxylic acids is 2. The highest BCUT2D eigenvalue weighted by molar-refractivity contribution is 5.96. The molecule has 96 valence electrons. The number of nitrogens with zero attached hydrogens (tertiary/aromatic N) is 2. The zero-order valence-electron chi connectivity index (χ0n) is 9.89. The standard InChI is InChI=1S/C11H19N3O3/c15-8-9-3-1-2-5-13(9)7-10(16)14-6-4-12-11(14)17/h9,15H,1-8H2,(H,12,17). The molecule has 1 unspecified atom stereocenters. The van der Waals surface area contributed by atoms with Gasteiger partial charge >= 0.3 is 6.03 Å². The quantitative estimate of drug-likeness (QED) is 0.691. The van der Waals surface area contributed by atoms with E-state index >= 15 is 0 Å². The van der Waals surface area contributed by atoms with Crippen LogP contribution in [0.1, 0.15) is 19.3 Å². The maximum atomic E-state index is 11.9. The van der Waals surface area contributed by atoms with E-state index in [0.717, 1.165) is 25.8 Å². The summed E-state index contributed by atoms with van der Waals surface area (Å²) in [4.78, 5) is 26.5. The Hall–Kier alpha value is -1.14. The Kier molecular flexibility index (Phi) is 3.96. The molecule has 2 N–H and O–H groups in total. The van der Waals surface area contributed by atoms with Crippen molar-refractivity contribution in [3.8, 4) is 0 Å². The molecule has 2 saturated heterocycles. The van der Waals surface area contributed by atoms with Crippen molar-refractivity contribution < 1.29 is 14.7 Å². The van der Waals surface area contributed by atoms with Gasteiger partial charge in [0.2, 0.25) is 5.91 Å². The normalized spacial score (nSPS) is 26.1. The summed E-state index contributed by atoms with van der Waals surface area (Å²) in [7, 11) is 0. The minimum absolute atomic E-state index is 0.0679. The van der Waals surface area contributed by atoms with Crippen molar-refractivity contribution in [2.45, 2.75) is 25.3 Å². The van der Waals surface area contributed by atoms with Crippen LogP contribution in [0.3, 0.4) is 0 Å². The van der Waals surface area contributed by atoms with Gasteiger partial charge in [0.25, 0.3) is 0 Å². The van der Waals surface area contributed by atoms with E-state index in [9.17, 15) is 14.7 Å². The number of nitrogens with one attached hydrogen (secondary N) is 1. The van der Waals surface area contributed by atoms with Gasteiger partial charge in [0.1, 0.15) is 0 Å². The smallest absolute Gasteiger partial charge is 0.324 e. The van der Waals surface area contributed by atoms with Gasteiger partial charge in [0.05, 0.1) is 13.2 Å². The van der Waals surface area contributed by atoms with Crippen molar-refractivity contribution in [1.29, 1.82) is 0 Å². The number of amides is 3. The van der Waals surface area contributed by atoms with E-state index in [1.807, 2.05) is 4.90 Å². The van der Waals surface area contributed by atoms with Crippen LogP contribution in [0.2, 0.25) is 0 Å². The number of aliphatic hydroxyl groups excluding tert-OH is 1. The fourth-order valence-electron chi connectivity index (χ4n) is 2.44. The molecule has 2 fully saturated rings. The van der Waals surface area contributed by atoms with Gasteiger partial charge in [0, 0.05) is 19.1 Å². The average molecular weight is 241 g/mol. The van der Waals surface area contributed by atoms with Gasteiger partial charge in [-0.25, -0.2) is 4.79 Å². The Morgan fingerprint density at radius 1 is 1.41 bits per heavy atom. The van der Waals surface area contributed by atoms with E-state index in [0.29, 0.717) is 13.1 Å². The number of piperidine rings is 1. The van der Waals surface area contributed by atoms with E-state index in [4.69, 9.17) is 0 Å². The maximum Gasteiger partial charge on any atom is 0.324 e. The van der Waals surface area contributed by atoms with Crippen LogP contribution in [0.25, 0.3) is 0 Å². The van der Waals surface area contributed by atoms with Gasteiger partial charge < -0.3 is 10.4 Å². The van der Waals surface area contributed by atoms with E-state index in [-0.39, 0.29) is 31.1 Å². The topological polar surface area (TPSA) is 72.9 Å². The monoisotopic (exact) mass is 241 g/mol. The second-order valence-electron chi connectivity index (χ2n) is 4.58. The highest BCUT2D eigenvalue weighted by atomic mass is 16.3. The summed E-state index contributed by atoms with van der Waals surface area (Å²) < 4.78 is 0. The van der Waals surface area contributed by atoms with Crippen LogP contribution >= 0.6 is 0 Å². The molecular formula is C11H19N3O3. The maximum absolute atomic E-state index is 11.9. The molecule has 17 heavy (non-hydrogen) atoms. The summed E-state index contributed by atoms with van der Waals surface area (Å²) in [6, 6.07) is -0.231. The van der Waals surface area contributed by atoms with Crippen LogP contribution in [0.5, 0.6) is 0 Å². The van der Waals surface area contributed by atoms with Gasteiger partial charge in [-0.2, -0.15) is 0 Å². The molecule has 1 atom stereocenters. The summed E-state index contributed by atoms with van der Waals surface area (Å²) in [6.07, 6.45) is 3.08. The fourth-order valence-corrected chi connectivity index (χ4v) is 2.44. The van der Waals surface area contributed by atoms with Crippen molar-refractivity contribution in [3.63, 3.8) is 0 Å². The van der Waals surface area contributed by atoms with Crippen LogP contribution in [-0.4, -0.2) is 65.7 Å². The first kappa shape index (κ1) is 12.3. The Morgan fingerprint density at radius 2 is 2.24 bits per heavy atom. The predicted molar refractivity (Wildman–Crippen MR) is 61.4 cm³/mol. The van der Waals surface area contributed by atoms with Crippen molar-refractivity contribution in [2.75, 3.05) is 32.8 Å². The van der Waals surface area contributed by atoms with Crippen LogP contribution in [0, 0.1) is 0 Å². The number of imide groups is 1. The lowest BCUT2D eigenvalue weighted by Crippen LogP contribution is -2.48. The van der Waals surface area contributed by atoms with Gasteiger partial charge in [0.15, 0.2) is 0 Å². The van der Waals surface area contributed by atoms with Crippen LogP contribution in [0.15, 0.2) is 0 Å². The number of hydrogen-bond acceptors (Lipinski definition) is 4. The highest BCUT2D eigenvalue weighted by Crippen LogP contribution is 2.16. The molecule has 0 aromatic heterocycles. The summed E-state index contributed by atoms with van der Waals surface area (Å²) in [5.41, 5.74) is 0. The molecule has 2 aliphatic rings. The van der Waals surface area contributed by atoms with Crippen LogP contribution in [0.4, 0.5) is 4.79 Å². The molecule has 0 aromatic rings. The van der Waals surface area contributed by atoms with Crippen molar-refractivity contribution >= 4 is 11.9 Å². The lowest BCUT2D eigenvalue weighted by atomic mass is 10.0. The van der Waals surface area contributed by atoms with Crippen molar-refractivity contribution in [3.05, 3.63) is 0 Å². The zero-order valence-corrected chi connectivity index (χ0v) is 9.89. The first-order valence-electron chi connectivity index (χ1n) is 6.15. The van der Waals surface area contributed by atoms with E-state index in [1.54, 1.807) is 0 Å². The molecule has 2 rings (SSSR count). The Balaban J connectivity index is 1.90. The van der Waals surface area contributed by atoms with E-state index < -0.39 is 0 Å². The van der Waals surface area contributed by atoms with Crippen LogP contribution in [-0.2, 0) is 4.79 Å². The summed E-state index contributed by atoms with van der Waals surface area (Å²) in [5.74, 6) is -0.166. The molecule has 0 radical (unpaired) electrons. The molecule has 2 heterocycles. The molecule has 3 amide bonds. The van der Waals surface area contributed by atoms with E-state index in [2.05, 4.69) is 5.32 Å². The molecule has 6 nitrogen and oxygen atoms in total.